The molecule has 2 heterocycles. The maximum absolute atomic E-state index is 11.4. The molecule has 0 radical (unpaired) electrons. The van der Waals surface area contributed by atoms with E-state index in [0.717, 1.165) is 27.6 Å². The second-order valence-corrected chi connectivity index (χ2v) is 7.54. The van der Waals surface area contributed by atoms with Crippen molar-refractivity contribution in [2.45, 2.75) is 29.6 Å². The normalized spacial score (nSPS) is 12.3. The van der Waals surface area contributed by atoms with Crippen molar-refractivity contribution in [1.82, 2.24) is 14.5 Å². The number of hydrogen-bond acceptors (Lipinski definition) is 4. The van der Waals surface area contributed by atoms with Crippen molar-refractivity contribution in [3.05, 3.63) is 71.5 Å². The number of pyridine rings is 1. The SMILES string of the molecule is CC(C)C(c1ccncc1Sc1cccc(Cl)c1)c1nccn1C=O. The minimum absolute atomic E-state index is 0.00937. The van der Waals surface area contributed by atoms with E-state index in [1.54, 1.807) is 34.9 Å². The topological polar surface area (TPSA) is 47.8 Å². The number of imidazole rings is 1. The van der Waals surface area contributed by atoms with Gasteiger partial charge in [0.1, 0.15) is 5.82 Å². The van der Waals surface area contributed by atoms with Crippen LogP contribution in [0.15, 0.2) is 64.9 Å². The maximum atomic E-state index is 11.4. The first-order chi connectivity index (χ1) is 12.1. The first-order valence-electron chi connectivity index (χ1n) is 7.95. The summed E-state index contributed by atoms with van der Waals surface area (Å²) >= 11 is 7.72. The zero-order chi connectivity index (χ0) is 17.8. The van der Waals surface area contributed by atoms with Crippen molar-refractivity contribution in [2.75, 3.05) is 0 Å². The molecule has 2 aromatic heterocycles. The van der Waals surface area contributed by atoms with E-state index in [9.17, 15) is 4.79 Å². The summed E-state index contributed by atoms with van der Waals surface area (Å²) in [5, 5.41) is 0.701. The van der Waals surface area contributed by atoms with E-state index in [-0.39, 0.29) is 11.8 Å². The van der Waals surface area contributed by atoms with E-state index in [0.29, 0.717) is 5.02 Å². The fraction of sp³-hybridized carbons (Fsp3) is 0.211. The minimum Gasteiger partial charge on any atom is -0.278 e. The van der Waals surface area contributed by atoms with Crippen LogP contribution in [-0.4, -0.2) is 20.9 Å². The van der Waals surface area contributed by atoms with Gasteiger partial charge < -0.3 is 0 Å². The van der Waals surface area contributed by atoms with Crippen LogP contribution in [0.3, 0.4) is 0 Å². The van der Waals surface area contributed by atoms with Crippen molar-refractivity contribution in [3.8, 4) is 0 Å². The molecule has 0 bridgehead atoms. The van der Waals surface area contributed by atoms with Gasteiger partial charge in [0.2, 0.25) is 6.41 Å². The van der Waals surface area contributed by atoms with E-state index in [1.807, 2.05) is 36.5 Å². The summed E-state index contributed by atoms with van der Waals surface area (Å²) in [7, 11) is 0. The average molecular weight is 372 g/mol. The van der Waals surface area contributed by atoms with Gasteiger partial charge in [-0.3, -0.25) is 14.3 Å². The lowest BCUT2D eigenvalue weighted by Gasteiger charge is -2.23. The van der Waals surface area contributed by atoms with Gasteiger partial charge >= 0.3 is 0 Å². The van der Waals surface area contributed by atoms with E-state index in [2.05, 4.69) is 23.8 Å². The third kappa shape index (κ3) is 3.94. The highest BCUT2D eigenvalue weighted by atomic mass is 35.5. The van der Waals surface area contributed by atoms with Gasteiger partial charge in [-0.05, 0) is 35.7 Å². The first kappa shape index (κ1) is 17.7. The van der Waals surface area contributed by atoms with Crippen LogP contribution in [0.25, 0.3) is 0 Å². The second kappa shape index (κ2) is 7.85. The Balaban J connectivity index is 2.04. The summed E-state index contributed by atoms with van der Waals surface area (Å²) in [6.45, 7) is 4.26. The van der Waals surface area contributed by atoms with Crippen molar-refractivity contribution in [3.63, 3.8) is 0 Å². The van der Waals surface area contributed by atoms with Crippen molar-refractivity contribution in [2.24, 2.45) is 5.92 Å². The molecule has 0 amide bonds. The first-order valence-corrected chi connectivity index (χ1v) is 9.15. The molecule has 1 unspecified atom stereocenters. The molecule has 0 spiro atoms. The van der Waals surface area contributed by atoms with Crippen molar-refractivity contribution >= 4 is 29.8 Å². The Morgan fingerprint density at radius 3 is 2.80 bits per heavy atom. The second-order valence-electron chi connectivity index (χ2n) is 5.99. The van der Waals surface area contributed by atoms with Crippen molar-refractivity contribution in [1.29, 1.82) is 0 Å². The molecule has 0 aliphatic heterocycles. The third-order valence-electron chi connectivity index (χ3n) is 3.93. The van der Waals surface area contributed by atoms with Gasteiger partial charge in [-0.1, -0.05) is 43.3 Å². The fourth-order valence-electron chi connectivity index (χ4n) is 2.84. The van der Waals surface area contributed by atoms with E-state index < -0.39 is 0 Å². The Labute approximate surface area is 156 Å². The fourth-order valence-corrected chi connectivity index (χ4v) is 4.11. The number of hydrogen-bond donors (Lipinski definition) is 0. The van der Waals surface area contributed by atoms with Crippen LogP contribution < -0.4 is 0 Å². The van der Waals surface area contributed by atoms with E-state index in [1.165, 1.54) is 0 Å². The molecule has 0 saturated carbocycles. The van der Waals surface area contributed by atoms with E-state index >= 15 is 0 Å². The Kier molecular flexibility index (Phi) is 5.56. The van der Waals surface area contributed by atoms with Crippen LogP contribution >= 0.6 is 23.4 Å². The number of benzene rings is 1. The van der Waals surface area contributed by atoms with Crippen LogP contribution in [0.5, 0.6) is 0 Å². The maximum Gasteiger partial charge on any atom is 0.219 e. The van der Waals surface area contributed by atoms with Crippen LogP contribution in [0.4, 0.5) is 0 Å². The summed E-state index contributed by atoms with van der Waals surface area (Å²) in [6.07, 6.45) is 7.76. The number of carbonyl (C=O) groups is 1. The molecule has 0 aliphatic carbocycles. The molecule has 3 aromatic rings. The molecule has 0 aliphatic rings. The highest BCUT2D eigenvalue weighted by Gasteiger charge is 2.25. The smallest absolute Gasteiger partial charge is 0.219 e. The predicted molar refractivity (Wildman–Crippen MR) is 101 cm³/mol. The highest BCUT2D eigenvalue weighted by molar-refractivity contribution is 7.99. The third-order valence-corrected chi connectivity index (χ3v) is 5.22. The Hall–Kier alpha value is -2.11. The molecule has 0 N–H and O–H groups in total. The molecule has 1 atom stereocenters. The Bertz CT molecular complexity index is 878. The largest absolute Gasteiger partial charge is 0.278 e. The highest BCUT2D eigenvalue weighted by Crippen LogP contribution is 2.39. The Morgan fingerprint density at radius 2 is 2.08 bits per heavy atom. The van der Waals surface area contributed by atoms with Crippen molar-refractivity contribution < 1.29 is 4.79 Å². The number of nitrogens with zero attached hydrogens (tertiary/aromatic N) is 3. The lowest BCUT2D eigenvalue weighted by molar-refractivity contribution is 0.512. The van der Waals surface area contributed by atoms with Gasteiger partial charge in [0.15, 0.2) is 0 Å². The number of halogens is 1. The van der Waals surface area contributed by atoms with E-state index in [4.69, 9.17) is 11.6 Å². The zero-order valence-corrected chi connectivity index (χ0v) is 15.5. The molecule has 25 heavy (non-hydrogen) atoms. The lowest BCUT2D eigenvalue weighted by Crippen LogP contribution is -2.16. The van der Waals surface area contributed by atoms with Crippen LogP contribution in [0, 0.1) is 5.92 Å². The van der Waals surface area contributed by atoms with Gasteiger partial charge in [-0.2, -0.15) is 0 Å². The lowest BCUT2D eigenvalue weighted by atomic mass is 9.88. The molecule has 4 nitrogen and oxygen atoms in total. The number of rotatable bonds is 6. The number of carbonyl (C=O) groups excluding carboxylic acids is 1. The molecular formula is C19H18ClN3OS. The van der Waals surface area contributed by atoms with Gasteiger partial charge in [0.25, 0.3) is 0 Å². The Morgan fingerprint density at radius 1 is 1.24 bits per heavy atom. The molecule has 6 heteroatoms. The quantitative estimate of drug-likeness (QED) is 0.577. The summed E-state index contributed by atoms with van der Waals surface area (Å²) < 4.78 is 1.54. The van der Waals surface area contributed by atoms with Gasteiger partial charge in [0, 0.05) is 45.5 Å². The molecule has 1 aromatic carbocycles. The van der Waals surface area contributed by atoms with Crippen LogP contribution in [0.2, 0.25) is 5.02 Å². The monoisotopic (exact) mass is 371 g/mol. The van der Waals surface area contributed by atoms with Crippen LogP contribution in [-0.2, 0) is 4.79 Å². The van der Waals surface area contributed by atoms with Gasteiger partial charge in [-0.15, -0.1) is 0 Å². The number of aromatic nitrogens is 3. The summed E-state index contributed by atoms with van der Waals surface area (Å²) in [6, 6.07) is 9.73. The van der Waals surface area contributed by atoms with Gasteiger partial charge in [0.05, 0.1) is 0 Å². The summed E-state index contributed by atoms with van der Waals surface area (Å²) in [4.78, 5) is 22.1. The van der Waals surface area contributed by atoms with Crippen LogP contribution in [0.1, 0.15) is 31.2 Å². The average Bonchev–Trinajstić information content (AvgIpc) is 3.04. The molecule has 0 saturated heterocycles. The molecular weight excluding hydrogens is 354 g/mol. The minimum atomic E-state index is -0.00937. The predicted octanol–water partition coefficient (Wildman–Crippen LogP) is 4.91. The molecule has 0 fully saturated rings. The molecule has 128 valence electrons. The zero-order valence-electron chi connectivity index (χ0n) is 14.0. The summed E-state index contributed by atoms with van der Waals surface area (Å²) in [5.74, 6) is 0.997. The standard InChI is InChI=1S/C19H18ClN3OS/c1-13(2)18(19-22-8-9-23(19)12-24)16-6-7-21-11-17(16)25-15-5-3-4-14(20)10-15/h3-13,18H,1-2H3. The van der Waals surface area contributed by atoms with Gasteiger partial charge in [-0.25, -0.2) is 4.98 Å². The molecule has 3 rings (SSSR count). The summed E-state index contributed by atoms with van der Waals surface area (Å²) in [5.41, 5.74) is 1.10.